The Kier molecular flexibility index (Phi) is 5.82. The van der Waals surface area contributed by atoms with Gasteiger partial charge in [-0.05, 0) is 37.1 Å². The highest BCUT2D eigenvalue weighted by molar-refractivity contribution is 7.91. The first-order chi connectivity index (χ1) is 8.95. The molecule has 0 amide bonds. The molecule has 106 valence electrons. The first-order valence-electron chi connectivity index (χ1n) is 6.24. The predicted molar refractivity (Wildman–Crippen MR) is 74.1 cm³/mol. The fourth-order valence-corrected chi connectivity index (χ4v) is 2.46. The number of nitrogens with one attached hydrogen (secondary N) is 1. The molecule has 0 aromatic heterocycles. The van der Waals surface area contributed by atoms with Crippen LogP contribution < -0.4 is 5.32 Å². The Morgan fingerprint density at radius 2 is 1.84 bits per heavy atom. The van der Waals surface area contributed by atoms with Crippen molar-refractivity contribution in [3.05, 3.63) is 24.3 Å². The average molecular weight is 285 g/mol. The number of unbranched alkanes of at least 4 members (excludes halogenated alkanes) is 1. The second-order valence-electron chi connectivity index (χ2n) is 4.21. The van der Waals surface area contributed by atoms with Crippen LogP contribution in [0, 0.1) is 0 Å². The summed E-state index contributed by atoms with van der Waals surface area (Å²) in [4.78, 5) is 10.6. The Bertz CT molecular complexity index is 508. The highest BCUT2D eigenvalue weighted by Crippen LogP contribution is 2.15. The molecule has 0 bridgehead atoms. The number of benzene rings is 1. The largest absolute Gasteiger partial charge is 0.481 e. The third-order valence-corrected chi connectivity index (χ3v) is 4.49. The molecule has 0 aliphatic carbocycles. The van der Waals surface area contributed by atoms with Crippen LogP contribution >= 0.6 is 0 Å². The Labute approximate surface area is 113 Å². The van der Waals surface area contributed by atoms with Gasteiger partial charge in [-0.1, -0.05) is 6.92 Å². The van der Waals surface area contributed by atoms with E-state index in [-0.39, 0.29) is 12.2 Å². The van der Waals surface area contributed by atoms with Crippen LogP contribution in [0.5, 0.6) is 0 Å². The lowest BCUT2D eigenvalue weighted by Crippen LogP contribution is -2.05. The summed E-state index contributed by atoms with van der Waals surface area (Å²) >= 11 is 0. The molecule has 0 saturated heterocycles. The predicted octanol–water partition coefficient (Wildman–Crippen LogP) is 2.15. The van der Waals surface area contributed by atoms with Gasteiger partial charge in [-0.15, -0.1) is 0 Å². The molecule has 19 heavy (non-hydrogen) atoms. The third kappa shape index (κ3) is 5.30. The molecule has 1 rings (SSSR count). The molecule has 6 heteroatoms. The fourth-order valence-electron chi connectivity index (χ4n) is 1.58. The zero-order valence-electron chi connectivity index (χ0n) is 10.9. The molecule has 0 unspecified atom stereocenters. The van der Waals surface area contributed by atoms with Gasteiger partial charge >= 0.3 is 5.97 Å². The molecular weight excluding hydrogens is 266 g/mol. The van der Waals surface area contributed by atoms with Crippen molar-refractivity contribution >= 4 is 21.5 Å². The minimum atomic E-state index is -3.15. The second-order valence-corrected chi connectivity index (χ2v) is 6.48. The summed E-state index contributed by atoms with van der Waals surface area (Å²) < 4.78 is 23.2. The van der Waals surface area contributed by atoms with Gasteiger partial charge in [0.25, 0.3) is 0 Å². The molecule has 0 aliphatic heterocycles. The van der Waals surface area contributed by atoms with Gasteiger partial charge in [-0.2, -0.15) is 0 Å². The van der Waals surface area contributed by atoms with Crippen molar-refractivity contribution in [1.82, 2.24) is 0 Å². The summed E-state index contributed by atoms with van der Waals surface area (Å²) in [6.07, 6.45) is 1.57. The van der Waals surface area contributed by atoms with Crippen molar-refractivity contribution in [2.75, 3.05) is 17.6 Å². The van der Waals surface area contributed by atoms with E-state index in [1.807, 2.05) is 0 Å². The molecule has 0 spiro atoms. The highest BCUT2D eigenvalue weighted by Gasteiger charge is 2.10. The molecule has 0 fully saturated rings. The fraction of sp³-hybridized carbons (Fsp3) is 0.462. The van der Waals surface area contributed by atoms with E-state index in [0.29, 0.717) is 17.9 Å². The number of rotatable bonds is 8. The van der Waals surface area contributed by atoms with E-state index in [9.17, 15) is 13.2 Å². The number of sulfone groups is 1. The second kappa shape index (κ2) is 7.13. The quantitative estimate of drug-likeness (QED) is 0.715. The van der Waals surface area contributed by atoms with Crippen LogP contribution in [0.3, 0.4) is 0 Å². The van der Waals surface area contributed by atoms with Crippen LogP contribution in [0.15, 0.2) is 29.2 Å². The lowest BCUT2D eigenvalue weighted by Gasteiger charge is -2.07. The zero-order valence-corrected chi connectivity index (χ0v) is 11.7. The number of carbonyl (C=O) groups is 1. The van der Waals surface area contributed by atoms with Crippen LogP contribution in [0.2, 0.25) is 0 Å². The van der Waals surface area contributed by atoms with Gasteiger partial charge in [-0.25, -0.2) is 8.42 Å². The maximum Gasteiger partial charge on any atom is 0.303 e. The van der Waals surface area contributed by atoms with Crippen LogP contribution in [-0.2, 0) is 14.6 Å². The summed E-state index contributed by atoms with van der Waals surface area (Å²) in [6, 6.07) is 6.61. The minimum Gasteiger partial charge on any atom is -0.481 e. The Balaban J connectivity index is 2.43. The minimum absolute atomic E-state index is 0.0922. The van der Waals surface area contributed by atoms with Crippen LogP contribution in [-0.4, -0.2) is 31.8 Å². The van der Waals surface area contributed by atoms with Crippen molar-refractivity contribution in [2.24, 2.45) is 0 Å². The highest BCUT2D eigenvalue weighted by atomic mass is 32.2. The topological polar surface area (TPSA) is 83.5 Å². The normalized spacial score (nSPS) is 11.2. The smallest absolute Gasteiger partial charge is 0.303 e. The van der Waals surface area contributed by atoms with Crippen molar-refractivity contribution < 1.29 is 18.3 Å². The SMILES string of the molecule is CCS(=O)(=O)c1ccc(NCCCCC(=O)O)cc1. The molecule has 1 aromatic rings. The first-order valence-corrected chi connectivity index (χ1v) is 7.89. The van der Waals surface area contributed by atoms with Gasteiger partial charge in [-0.3, -0.25) is 4.79 Å². The van der Waals surface area contributed by atoms with E-state index >= 15 is 0 Å². The van der Waals surface area contributed by atoms with Crippen molar-refractivity contribution in [3.63, 3.8) is 0 Å². The van der Waals surface area contributed by atoms with Gasteiger partial charge < -0.3 is 10.4 Å². The summed E-state index contributed by atoms with van der Waals surface area (Å²) in [5.41, 5.74) is 0.838. The maximum atomic E-state index is 11.6. The molecule has 0 atom stereocenters. The first kappa shape index (κ1) is 15.5. The molecule has 0 radical (unpaired) electrons. The maximum absolute atomic E-state index is 11.6. The summed E-state index contributed by atoms with van der Waals surface area (Å²) in [5, 5.41) is 11.6. The zero-order chi connectivity index (χ0) is 14.3. The van der Waals surface area contributed by atoms with Crippen LogP contribution in [0.1, 0.15) is 26.2 Å². The van der Waals surface area contributed by atoms with Gasteiger partial charge in [0.1, 0.15) is 0 Å². The number of aliphatic carboxylic acids is 1. The van der Waals surface area contributed by atoms with E-state index in [0.717, 1.165) is 12.1 Å². The number of hydrogen-bond acceptors (Lipinski definition) is 4. The van der Waals surface area contributed by atoms with Crippen LogP contribution in [0.4, 0.5) is 5.69 Å². The standard InChI is InChI=1S/C13H19NO4S/c1-2-19(17,18)12-8-6-11(7-9-12)14-10-4-3-5-13(15)16/h6-9,14H,2-5,10H2,1H3,(H,15,16). The van der Waals surface area contributed by atoms with Gasteiger partial charge in [0.2, 0.25) is 0 Å². The number of hydrogen-bond donors (Lipinski definition) is 2. The molecule has 1 aromatic carbocycles. The van der Waals surface area contributed by atoms with E-state index in [1.165, 1.54) is 0 Å². The molecule has 2 N–H and O–H groups in total. The molecule has 0 saturated carbocycles. The van der Waals surface area contributed by atoms with E-state index < -0.39 is 15.8 Å². The van der Waals surface area contributed by atoms with Crippen molar-refractivity contribution in [1.29, 1.82) is 0 Å². The third-order valence-electron chi connectivity index (χ3n) is 2.74. The van der Waals surface area contributed by atoms with E-state index in [1.54, 1.807) is 31.2 Å². The van der Waals surface area contributed by atoms with Crippen LogP contribution in [0.25, 0.3) is 0 Å². The van der Waals surface area contributed by atoms with E-state index in [2.05, 4.69) is 5.32 Å². The molecular formula is C13H19NO4S. The van der Waals surface area contributed by atoms with Crippen molar-refractivity contribution in [3.8, 4) is 0 Å². The number of anilines is 1. The average Bonchev–Trinajstić information content (AvgIpc) is 2.38. The van der Waals surface area contributed by atoms with Crippen molar-refractivity contribution in [2.45, 2.75) is 31.1 Å². The van der Waals surface area contributed by atoms with Gasteiger partial charge in [0.05, 0.1) is 10.6 Å². The lowest BCUT2D eigenvalue weighted by molar-refractivity contribution is -0.137. The molecule has 0 aliphatic rings. The van der Waals surface area contributed by atoms with E-state index in [4.69, 9.17) is 5.11 Å². The summed E-state index contributed by atoms with van der Waals surface area (Å²) in [6.45, 7) is 2.29. The monoisotopic (exact) mass is 285 g/mol. The Hall–Kier alpha value is -1.56. The number of carboxylic acids is 1. The Morgan fingerprint density at radius 1 is 1.21 bits per heavy atom. The van der Waals surface area contributed by atoms with Gasteiger partial charge in [0.15, 0.2) is 9.84 Å². The summed E-state index contributed by atoms with van der Waals surface area (Å²) in [7, 11) is -3.15. The molecule has 0 heterocycles. The Morgan fingerprint density at radius 3 is 2.37 bits per heavy atom. The molecule has 5 nitrogen and oxygen atoms in total. The summed E-state index contributed by atoms with van der Waals surface area (Å²) in [5.74, 6) is -0.691. The lowest BCUT2D eigenvalue weighted by atomic mass is 10.2. The van der Waals surface area contributed by atoms with Gasteiger partial charge in [0, 0.05) is 18.7 Å². The number of carboxylic acid groups (broad SMARTS) is 1.